The van der Waals surface area contributed by atoms with E-state index in [4.69, 9.17) is 0 Å². The van der Waals surface area contributed by atoms with Crippen LogP contribution in [-0.4, -0.2) is 26.2 Å². The van der Waals surface area contributed by atoms with Crippen LogP contribution in [0.5, 0.6) is 0 Å². The van der Waals surface area contributed by atoms with Crippen LogP contribution >= 0.6 is 0 Å². The van der Waals surface area contributed by atoms with E-state index in [1.165, 1.54) is 16.8 Å². The molecule has 1 aliphatic heterocycles. The van der Waals surface area contributed by atoms with Gasteiger partial charge in [-0.05, 0) is 38.4 Å². The lowest BCUT2D eigenvalue weighted by atomic mass is 10.0. The number of hydrogen-bond donors (Lipinski definition) is 1. The lowest BCUT2D eigenvalue weighted by Gasteiger charge is -2.28. The number of benzene rings is 1. The average molecular weight is 204 g/mol. The van der Waals surface area contributed by atoms with Crippen molar-refractivity contribution < 1.29 is 0 Å². The zero-order chi connectivity index (χ0) is 11.0. The van der Waals surface area contributed by atoms with E-state index in [1.54, 1.807) is 0 Å². The molecule has 2 unspecified atom stereocenters. The van der Waals surface area contributed by atoms with Gasteiger partial charge in [-0.1, -0.05) is 18.2 Å². The molecular formula is C13H20N2. The monoisotopic (exact) mass is 204 g/mol. The quantitative estimate of drug-likeness (QED) is 0.792. The minimum absolute atomic E-state index is 0.529. The highest BCUT2D eigenvalue weighted by Gasteiger charge is 2.30. The Morgan fingerprint density at radius 3 is 2.80 bits per heavy atom. The molecule has 0 saturated carbocycles. The molecular weight excluding hydrogens is 184 g/mol. The number of likely N-dealkylation sites (N-methyl/N-ethyl adjacent to an activating group) is 2. The molecule has 0 spiro atoms. The summed E-state index contributed by atoms with van der Waals surface area (Å²) in [5.41, 5.74) is 4.31. The second-order valence-electron chi connectivity index (χ2n) is 4.54. The number of aryl methyl sites for hydroxylation is 1. The number of fused-ring (bicyclic) bond motifs is 1. The molecule has 0 bridgehead atoms. The van der Waals surface area contributed by atoms with Gasteiger partial charge in [-0.2, -0.15) is 0 Å². The van der Waals surface area contributed by atoms with Gasteiger partial charge in [0, 0.05) is 24.8 Å². The smallest absolute Gasteiger partial charge is 0.0478 e. The van der Waals surface area contributed by atoms with Crippen LogP contribution in [0.3, 0.4) is 0 Å². The fourth-order valence-electron chi connectivity index (χ4n) is 2.62. The molecule has 15 heavy (non-hydrogen) atoms. The molecule has 82 valence electrons. The number of nitrogens with zero attached hydrogens (tertiary/aromatic N) is 1. The third-order valence-corrected chi connectivity index (χ3v) is 3.63. The summed E-state index contributed by atoms with van der Waals surface area (Å²) < 4.78 is 0. The molecule has 0 aliphatic carbocycles. The first-order valence-electron chi connectivity index (χ1n) is 5.63. The summed E-state index contributed by atoms with van der Waals surface area (Å²) in [5.74, 6) is 0. The van der Waals surface area contributed by atoms with Crippen LogP contribution in [0.1, 0.15) is 18.1 Å². The maximum atomic E-state index is 3.35. The van der Waals surface area contributed by atoms with Crippen molar-refractivity contribution >= 4 is 5.69 Å². The van der Waals surface area contributed by atoms with Crippen molar-refractivity contribution in [3.05, 3.63) is 29.3 Å². The first-order chi connectivity index (χ1) is 7.15. The summed E-state index contributed by atoms with van der Waals surface area (Å²) in [6.45, 7) is 4.45. The molecule has 2 rings (SSSR count). The molecule has 1 aromatic rings. The Labute approximate surface area is 92.3 Å². The van der Waals surface area contributed by atoms with Crippen molar-refractivity contribution in [2.45, 2.75) is 32.4 Å². The van der Waals surface area contributed by atoms with E-state index >= 15 is 0 Å². The number of anilines is 1. The molecule has 0 saturated heterocycles. The van der Waals surface area contributed by atoms with E-state index in [2.05, 4.69) is 49.3 Å². The molecule has 0 aromatic heterocycles. The minimum atomic E-state index is 0.529. The zero-order valence-corrected chi connectivity index (χ0v) is 10.0. The summed E-state index contributed by atoms with van der Waals surface area (Å²) in [4.78, 5) is 2.42. The second kappa shape index (κ2) is 3.86. The lowest BCUT2D eigenvalue weighted by molar-refractivity contribution is 0.488. The Hall–Kier alpha value is -1.02. The molecule has 2 heteroatoms. The zero-order valence-electron chi connectivity index (χ0n) is 10.0. The van der Waals surface area contributed by atoms with E-state index in [0.29, 0.717) is 12.1 Å². The van der Waals surface area contributed by atoms with Crippen LogP contribution in [0.25, 0.3) is 0 Å². The molecule has 1 aromatic carbocycles. The summed E-state index contributed by atoms with van der Waals surface area (Å²) in [6.07, 6.45) is 1.16. The van der Waals surface area contributed by atoms with Gasteiger partial charge in [0.1, 0.15) is 0 Å². The van der Waals surface area contributed by atoms with Gasteiger partial charge < -0.3 is 10.2 Å². The van der Waals surface area contributed by atoms with Crippen molar-refractivity contribution in [2.24, 2.45) is 0 Å². The fraction of sp³-hybridized carbons (Fsp3) is 0.538. The third-order valence-electron chi connectivity index (χ3n) is 3.63. The van der Waals surface area contributed by atoms with Gasteiger partial charge in [0.05, 0.1) is 0 Å². The fourth-order valence-corrected chi connectivity index (χ4v) is 2.62. The average Bonchev–Trinajstić information content (AvgIpc) is 2.56. The Morgan fingerprint density at radius 1 is 1.47 bits per heavy atom. The summed E-state index contributed by atoms with van der Waals surface area (Å²) in [7, 11) is 4.24. The number of hydrogen-bond acceptors (Lipinski definition) is 2. The van der Waals surface area contributed by atoms with Crippen LogP contribution in [0, 0.1) is 6.92 Å². The van der Waals surface area contributed by atoms with E-state index in [1.807, 2.05) is 7.05 Å². The summed E-state index contributed by atoms with van der Waals surface area (Å²) >= 11 is 0. The summed E-state index contributed by atoms with van der Waals surface area (Å²) in [6, 6.07) is 7.73. The van der Waals surface area contributed by atoms with Gasteiger partial charge in [0.25, 0.3) is 0 Å². The first kappa shape index (κ1) is 10.5. The van der Waals surface area contributed by atoms with Crippen molar-refractivity contribution in [3.8, 4) is 0 Å². The van der Waals surface area contributed by atoms with Crippen LogP contribution in [0.4, 0.5) is 5.69 Å². The maximum Gasteiger partial charge on any atom is 0.0478 e. The Morgan fingerprint density at radius 2 is 2.20 bits per heavy atom. The van der Waals surface area contributed by atoms with E-state index in [-0.39, 0.29) is 0 Å². The Kier molecular flexibility index (Phi) is 2.70. The molecule has 2 atom stereocenters. The van der Waals surface area contributed by atoms with Crippen molar-refractivity contribution in [1.82, 2.24) is 5.32 Å². The van der Waals surface area contributed by atoms with Gasteiger partial charge in [0.15, 0.2) is 0 Å². The SMILES string of the molecule is CNC(C)C1Cc2cccc(C)c2N1C. The topological polar surface area (TPSA) is 15.3 Å². The van der Waals surface area contributed by atoms with Gasteiger partial charge in [-0.25, -0.2) is 0 Å². The van der Waals surface area contributed by atoms with Crippen LogP contribution < -0.4 is 10.2 Å². The van der Waals surface area contributed by atoms with Crippen LogP contribution in [0.2, 0.25) is 0 Å². The van der Waals surface area contributed by atoms with Crippen molar-refractivity contribution in [1.29, 1.82) is 0 Å². The lowest BCUT2D eigenvalue weighted by Crippen LogP contribution is -2.44. The Bertz CT molecular complexity index is 360. The molecule has 0 fully saturated rings. The number of rotatable bonds is 2. The van der Waals surface area contributed by atoms with E-state index < -0.39 is 0 Å². The standard InChI is InChI=1S/C13H20N2/c1-9-6-5-7-11-8-12(10(2)14-3)15(4)13(9)11/h5-7,10,12,14H,8H2,1-4H3. The van der Waals surface area contributed by atoms with E-state index in [9.17, 15) is 0 Å². The molecule has 1 heterocycles. The first-order valence-corrected chi connectivity index (χ1v) is 5.63. The van der Waals surface area contributed by atoms with Crippen molar-refractivity contribution in [3.63, 3.8) is 0 Å². The highest BCUT2D eigenvalue weighted by molar-refractivity contribution is 5.64. The normalized spacial score (nSPS) is 21.6. The highest BCUT2D eigenvalue weighted by Crippen LogP contribution is 2.34. The predicted octanol–water partition coefficient (Wildman–Crippen LogP) is 1.96. The summed E-state index contributed by atoms with van der Waals surface area (Å²) in [5, 5.41) is 3.35. The predicted molar refractivity (Wildman–Crippen MR) is 65.6 cm³/mol. The van der Waals surface area contributed by atoms with Gasteiger partial charge in [0.2, 0.25) is 0 Å². The number of para-hydroxylation sites is 1. The van der Waals surface area contributed by atoms with Gasteiger partial charge >= 0.3 is 0 Å². The Balaban J connectivity index is 2.33. The largest absolute Gasteiger partial charge is 0.369 e. The number of nitrogens with one attached hydrogen (secondary N) is 1. The molecule has 1 N–H and O–H groups in total. The second-order valence-corrected chi connectivity index (χ2v) is 4.54. The molecule has 2 nitrogen and oxygen atoms in total. The van der Waals surface area contributed by atoms with E-state index in [0.717, 1.165) is 6.42 Å². The van der Waals surface area contributed by atoms with Crippen LogP contribution in [0.15, 0.2) is 18.2 Å². The molecule has 1 aliphatic rings. The third kappa shape index (κ3) is 1.63. The highest BCUT2D eigenvalue weighted by atomic mass is 15.2. The van der Waals surface area contributed by atoms with Crippen molar-refractivity contribution in [2.75, 3.05) is 19.0 Å². The molecule has 0 radical (unpaired) electrons. The van der Waals surface area contributed by atoms with Gasteiger partial charge in [-0.3, -0.25) is 0 Å². The maximum absolute atomic E-state index is 3.35. The van der Waals surface area contributed by atoms with Crippen LogP contribution in [-0.2, 0) is 6.42 Å². The minimum Gasteiger partial charge on any atom is -0.369 e. The molecule has 0 amide bonds. The van der Waals surface area contributed by atoms with Gasteiger partial charge in [-0.15, -0.1) is 0 Å².